The molecular weight excluding hydrogens is 191 g/mol. The van der Waals surface area contributed by atoms with Crippen LogP contribution in [0.5, 0.6) is 0 Å². The summed E-state index contributed by atoms with van der Waals surface area (Å²) >= 11 is 0. The topological polar surface area (TPSA) is 14.1 Å². The van der Waals surface area contributed by atoms with Gasteiger partial charge in [0.1, 0.15) is 0 Å². The van der Waals surface area contributed by atoms with Gasteiger partial charge in [0, 0.05) is 0 Å². The maximum absolute atomic E-state index is 12.2. The largest absolute Gasteiger partial charge is 0.659 e. The molecule has 1 aromatic carbocycles. The van der Waals surface area contributed by atoms with Crippen LogP contribution in [0.3, 0.4) is 0 Å². The Bertz CT molecular complexity index is 289. The fourth-order valence-electron chi connectivity index (χ4n) is 1.10. The van der Waals surface area contributed by atoms with Crippen molar-refractivity contribution in [3.63, 3.8) is 0 Å². The molecule has 1 rings (SSSR count). The van der Waals surface area contributed by atoms with Gasteiger partial charge >= 0.3 is 6.18 Å². The predicted octanol–water partition coefficient (Wildman–Crippen LogP) is 3.77. The van der Waals surface area contributed by atoms with Gasteiger partial charge in [-0.05, 0) is 12.1 Å². The number of nitrogens with zero attached hydrogens (tertiary/aromatic N) is 1. The molecule has 0 saturated carbocycles. The van der Waals surface area contributed by atoms with E-state index in [-0.39, 0.29) is 6.04 Å². The van der Waals surface area contributed by atoms with E-state index in [0.29, 0.717) is 0 Å². The monoisotopic (exact) mass is 202 g/mol. The van der Waals surface area contributed by atoms with Crippen LogP contribution in [0.2, 0.25) is 0 Å². The summed E-state index contributed by atoms with van der Waals surface area (Å²) in [4.78, 5) is 0. The summed E-state index contributed by atoms with van der Waals surface area (Å²) in [5.74, 6) is 0. The van der Waals surface area contributed by atoms with E-state index >= 15 is 0 Å². The zero-order chi connectivity index (χ0) is 10.8. The maximum Gasteiger partial charge on any atom is 0.416 e. The second-order valence-corrected chi connectivity index (χ2v) is 3.05. The third kappa shape index (κ3) is 2.48. The highest BCUT2D eigenvalue weighted by Crippen LogP contribution is 2.30. The average molecular weight is 202 g/mol. The second kappa shape index (κ2) is 4.00. The fraction of sp³-hybridized carbons (Fsp3) is 0.400. The van der Waals surface area contributed by atoms with Crippen molar-refractivity contribution in [2.24, 2.45) is 0 Å². The number of hydrogen-bond donors (Lipinski definition) is 0. The van der Waals surface area contributed by atoms with Gasteiger partial charge in [-0.1, -0.05) is 24.6 Å². The third-order valence-electron chi connectivity index (χ3n) is 2.11. The van der Waals surface area contributed by atoms with Crippen LogP contribution in [0.25, 0.3) is 5.32 Å². The predicted molar refractivity (Wildman–Crippen MR) is 49.1 cm³/mol. The molecule has 1 aromatic rings. The summed E-state index contributed by atoms with van der Waals surface area (Å²) in [6, 6.07) is 5.02. The lowest BCUT2D eigenvalue weighted by Crippen LogP contribution is -2.04. The molecule has 0 bridgehead atoms. The molecule has 0 aliphatic carbocycles. The molecule has 78 valence electrons. The maximum atomic E-state index is 12.2. The van der Waals surface area contributed by atoms with Crippen LogP contribution >= 0.6 is 0 Å². The molecule has 0 fully saturated rings. The summed E-state index contributed by atoms with van der Waals surface area (Å²) < 4.78 is 36.5. The highest BCUT2D eigenvalue weighted by atomic mass is 19.4. The van der Waals surface area contributed by atoms with Crippen molar-refractivity contribution in [1.82, 2.24) is 0 Å². The van der Waals surface area contributed by atoms with Crippen LogP contribution in [0.15, 0.2) is 24.3 Å². The number of rotatable bonds is 2. The first kappa shape index (κ1) is 11.0. The quantitative estimate of drug-likeness (QED) is 0.693. The highest BCUT2D eigenvalue weighted by molar-refractivity contribution is 5.28. The van der Waals surface area contributed by atoms with Crippen LogP contribution in [0, 0.1) is 0 Å². The molecular formula is C10H11F3N-. The Morgan fingerprint density at radius 1 is 1.14 bits per heavy atom. The molecule has 0 aromatic heterocycles. The van der Waals surface area contributed by atoms with Crippen LogP contribution in [0.4, 0.5) is 13.2 Å². The highest BCUT2D eigenvalue weighted by Gasteiger charge is 2.29. The summed E-state index contributed by atoms with van der Waals surface area (Å²) in [7, 11) is 1.64. The van der Waals surface area contributed by atoms with Crippen molar-refractivity contribution in [2.75, 3.05) is 7.05 Å². The summed E-state index contributed by atoms with van der Waals surface area (Å²) in [6.07, 6.45) is -4.26. The molecule has 4 heteroatoms. The molecule has 0 aliphatic heterocycles. The Hall–Kier alpha value is -1.03. The normalized spacial score (nSPS) is 14.1. The minimum atomic E-state index is -4.26. The summed E-state index contributed by atoms with van der Waals surface area (Å²) in [6.45, 7) is 1.84. The number of alkyl halides is 3. The Kier molecular flexibility index (Phi) is 3.16. The SMILES string of the molecule is C[N-]C(C)c1ccc(C(F)(F)F)cc1. The van der Waals surface area contributed by atoms with Gasteiger partial charge in [-0.15, -0.1) is 6.04 Å². The molecule has 1 atom stereocenters. The lowest BCUT2D eigenvalue weighted by Gasteiger charge is -2.23. The van der Waals surface area contributed by atoms with E-state index in [4.69, 9.17) is 0 Å². The lowest BCUT2D eigenvalue weighted by molar-refractivity contribution is -0.137. The zero-order valence-electron chi connectivity index (χ0n) is 7.97. The molecule has 14 heavy (non-hydrogen) atoms. The molecule has 0 saturated heterocycles. The fourth-order valence-corrected chi connectivity index (χ4v) is 1.10. The second-order valence-electron chi connectivity index (χ2n) is 3.05. The molecule has 0 heterocycles. The van der Waals surface area contributed by atoms with E-state index in [1.165, 1.54) is 12.1 Å². The molecule has 1 nitrogen and oxygen atoms in total. The third-order valence-corrected chi connectivity index (χ3v) is 2.11. The van der Waals surface area contributed by atoms with E-state index in [1.807, 2.05) is 6.92 Å². The molecule has 1 unspecified atom stereocenters. The van der Waals surface area contributed by atoms with Crippen LogP contribution in [0.1, 0.15) is 24.1 Å². The first-order valence-electron chi connectivity index (χ1n) is 4.21. The van der Waals surface area contributed by atoms with Crippen molar-refractivity contribution in [3.8, 4) is 0 Å². The molecule has 0 aliphatic rings. The Morgan fingerprint density at radius 2 is 1.64 bits per heavy atom. The molecule has 0 radical (unpaired) electrons. The van der Waals surface area contributed by atoms with E-state index < -0.39 is 11.7 Å². The van der Waals surface area contributed by atoms with Crippen molar-refractivity contribution in [1.29, 1.82) is 0 Å². The lowest BCUT2D eigenvalue weighted by atomic mass is 10.1. The van der Waals surface area contributed by atoms with E-state index in [9.17, 15) is 13.2 Å². The van der Waals surface area contributed by atoms with E-state index in [1.54, 1.807) is 7.05 Å². The van der Waals surface area contributed by atoms with Gasteiger partial charge < -0.3 is 5.32 Å². The first-order chi connectivity index (χ1) is 6.45. The Balaban J connectivity index is 2.89. The van der Waals surface area contributed by atoms with Crippen molar-refractivity contribution in [2.45, 2.75) is 19.1 Å². The zero-order valence-corrected chi connectivity index (χ0v) is 7.97. The van der Waals surface area contributed by atoms with Gasteiger partial charge in [-0.25, -0.2) is 0 Å². The van der Waals surface area contributed by atoms with Gasteiger partial charge in [0.15, 0.2) is 0 Å². The number of benzene rings is 1. The molecule has 0 N–H and O–H groups in total. The number of hydrogen-bond acceptors (Lipinski definition) is 0. The van der Waals surface area contributed by atoms with Gasteiger partial charge in [-0.3, -0.25) is 0 Å². The van der Waals surface area contributed by atoms with Gasteiger partial charge in [0.2, 0.25) is 0 Å². The average Bonchev–Trinajstić information content (AvgIpc) is 2.15. The van der Waals surface area contributed by atoms with E-state index in [2.05, 4.69) is 5.32 Å². The molecule has 0 spiro atoms. The molecule has 0 amide bonds. The van der Waals surface area contributed by atoms with Crippen molar-refractivity contribution >= 4 is 0 Å². The summed E-state index contributed by atoms with van der Waals surface area (Å²) in [5.41, 5.74) is 0.171. The standard InChI is InChI=1S/C10H11F3N/c1-7(14-2)8-3-5-9(6-4-8)10(11,12)13/h3-7H,1-2H3/q-1. The van der Waals surface area contributed by atoms with Gasteiger partial charge in [0.25, 0.3) is 0 Å². The van der Waals surface area contributed by atoms with Crippen molar-refractivity contribution in [3.05, 3.63) is 40.7 Å². The van der Waals surface area contributed by atoms with Crippen LogP contribution in [-0.4, -0.2) is 7.05 Å². The smallest absolute Gasteiger partial charge is 0.416 e. The summed E-state index contributed by atoms with van der Waals surface area (Å²) in [5, 5.41) is 3.97. The minimum absolute atomic E-state index is 0.0581. The van der Waals surface area contributed by atoms with Crippen molar-refractivity contribution < 1.29 is 13.2 Å². The van der Waals surface area contributed by atoms with Crippen LogP contribution < -0.4 is 0 Å². The van der Waals surface area contributed by atoms with Gasteiger partial charge in [-0.2, -0.15) is 20.2 Å². The minimum Gasteiger partial charge on any atom is -0.659 e. The van der Waals surface area contributed by atoms with Gasteiger partial charge in [0.05, 0.1) is 5.56 Å². The van der Waals surface area contributed by atoms with Crippen LogP contribution in [-0.2, 0) is 6.18 Å². The number of halogens is 3. The Morgan fingerprint density at radius 3 is 2.00 bits per heavy atom. The van der Waals surface area contributed by atoms with E-state index in [0.717, 1.165) is 17.7 Å². The first-order valence-corrected chi connectivity index (χ1v) is 4.21. The Labute approximate surface area is 80.9 Å².